The Morgan fingerprint density at radius 2 is 2.25 bits per heavy atom. The topological polar surface area (TPSA) is 60.2 Å². The maximum atomic E-state index is 6.14. The average Bonchev–Trinajstić information content (AvgIpc) is 2.47. The lowest BCUT2D eigenvalue weighted by Crippen LogP contribution is -2.29. The SMILES string of the molecule is CCOc1cccc(C(Cc2ccncc2Cl)NN)c1. The van der Waals surface area contributed by atoms with Crippen molar-refractivity contribution >= 4 is 11.6 Å². The monoisotopic (exact) mass is 291 g/mol. The molecule has 0 amide bonds. The van der Waals surface area contributed by atoms with Crippen LogP contribution < -0.4 is 16.0 Å². The second-order valence-corrected chi connectivity index (χ2v) is 4.80. The lowest BCUT2D eigenvalue weighted by molar-refractivity contribution is 0.339. The molecule has 0 saturated carbocycles. The van der Waals surface area contributed by atoms with E-state index in [9.17, 15) is 0 Å². The van der Waals surface area contributed by atoms with Gasteiger partial charge in [0.15, 0.2) is 0 Å². The number of nitrogens with one attached hydrogen (secondary N) is 1. The Labute approximate surface area is 123 Å². The minimum atomic E-state index is -0.0321. The van der Waals surface area contributed by atoms with Crippen molar-refractivity contribution in [3.05, 3.63) is 58.9 Å². The van der Waals surface area contributed by atoms with Gasteiger partial charge in [0, 0.05) is 12.4 Å². The van der Waals surface area contributed by atoms with Crippen molar-refractivity contribution in [2.24, 2.45) is 5.84 Å². The van der Waals surface area contributed by atoms with Crippen LogP contribution in [0.25, 0.3) is 0 Å². The Bertz CT molecular complexity index is 562. The molecule has 1 aromatic carbocycles. The maximum absolute atomic E-state index is 6.14. The highest BCUT2D eigenvalue weighted by molar-refractivity contribution is 6.31. The van der Waals surface area contributed by atoms with Gasteiger partial charge in [-0.15, -0.1) is 0 Å². The lowest BCUT2D eigenvalue weighted by atomic mass is 10.00. The Balaban J connectivity index is 2.20. The summed E-state index contributed by atoms with van der Waals surface area (Å²) < 4.78 is 5.51. The van der Waals surface area contributed by atoms with Crippen LogP contribution in [0.15, 0.2) is 42.7 Å². The fourth-order valence-electron chi connectivity index (χ4n) is 2.05. The molecule has 3 N–H and O–H groups in total. The number of nitrogens with two attached hydrogens (primary N) is 1. The summed E-state index contributed by atoms with van der Waals surface area (Å²) in [5.74, 6) is 6.52. The molecule has 106 valence electrons. The highest BCUT2D eigenvalue weighted by Gasteiger charge is 2.13. The Morgan fingerprint density at radius 3 is 2.95 bits per heavy atom. The minimum Gasteiger partial charge on any atom is -0.494 e. The van der Waals surface area contributed by atoms with Crippen LogP contribution in [0.5, 0.6) is 5.75 Å². The first-order valence-corrected chi connectivity index (χ1v) is 6.89. The first kappa shape index (κ1) is 14.8. The van der Waals surface area contributed by atoms with Crippen LogP contribution in [0.2, 0.25) is 5.02 Å². The molecule has 0 aliphatic carbocycles. The zero-order valence-corrected chi connectivity index (χ0v) is 12.1. The fourth-order valence-corrected chi connectivity index (χ4v) is 2.25. The third-order valence-corrected chi connectivity index (χ3v) is 3.39. The van der Waals surface area contributed by atoms with E-state index in [1.54, 1.807) is 12.4 Å². The van der Waals surface area contributed by atoms with Crippen LogP contribution in [0.3, 0.4) is 0 Å². The van der Waals surface area contributed by atoms with Gasteiger partial charge in [0.25, 0.3) is 0 Å². The van der Waals surface area contributed by atoms with Crippen molar-refractivity contribution in [2.45, 2.75) is 19.4 Å². The van der Waals surface area contributed by atoms with Gasteiger partial charge in [-0.3, -0.25) is 16.3 Å². The number of hydrogen-bond acceptors (Lipinski definition) is 4. The predicted octanol–water partition coefficient (Wildman–Crippen LogP) is 2.88. The molecule has 0 saturated heterocycles. The third kappa shape index (κ3) is 3.70. The van der Waals surface area contributed by atoms with E-state index < -0.39 is 0 Å². The highest BCUT2D eigenvalue weighted by atomic mass is 35.5. The summed E-state index contributed by atoms with van der Waals surface area (Å²) in [4.78, 5) is 3.99. The summed E-state index contributed by atoms with van der Waals surface area (Å²) in [6.45, 7) is 2.60. The molecule has 1 heterocycles. The molecule has 5 heteroatoms. The van der Waals surface area contributed by atoms with Gasteiger partial charge in [0.2, 0.25) is 0 Å². The lowest BCUT2D eigenvalue weighted by Gasteiger charge is -2.18. The van der Waals surface area contributed by atoms with Gasteiger partial charge in [0.05, 0.1) is 17.7 Å². The van der Waals surface area contributed by atoms with Crippen molar-refractivity contribution in [3.63, 3.8) is 0 Å². The molecule has 2 rings (SSSR count). The van der Waals surface area contributed by atoms with Crippen molar-refractivity contribution in [1.82, 2.24) is 10.4 Å². The Morgan fingerprint density at radius 1 is 1.40 bits per heavy atom. The molecule has 0 fully saturated rings. The van der Waals surface area contributed by atoms with Crippen LogP contribution in [-0.2, 0) is 6.42 Å². The number of aromatic nitrogens is 1. The molecule has 1 unspecified atom stereocenters. The van der Waals surface area contributed by atoms with Crippen LogP contribution in [-0.4, -0.2) is 11.6 Å². The van der Waals surface area contributed by atoms with E-state index in [0.717, 1.165) is 16.9 Å². The van der Waals surface area contributed by atoms with E-state index >= 15 is 0 Å². The molecule has 0 aliphatic rings. The quantitative estimate of drug-likeness (QED) is 0.635. The summed E-state index contributed by atoms with van der Waals surface area (Å²) in [6.07, 6.45) is 4.06. The molecule has 20 heavy (non-hydrogen) atoms. The van der Waals surface area contributed by atoms with Crippen LogP contribution >= 0.6 is 11.6 Å². The zero-order valence-electron chi connectivity index (χ0n) is 11.3. The summed E-state index contributed by atoms with van der Waals surface area (Å²) in [7, 11) is 0. The molecule has 0 bridgehead atoms. The highest BCUT2D eigenvalue weighted by Crippen LogP contribution is 2.24. The van der Waals surface area contributed by atoms with Gasteiger partial charge in [0.1, 0.15) is 5.75 Å². The Hall–Kier alpha value is -1.62. The van der Waals surface area contributed by atoms with Gasteiger partial charge in [-0.1, -0.05) is 23.7 Å². The van der Waals surface area contributed by atoms with Crippen molar-refractivity contribution in [3.8, 4) is 5.75 Å². The van der Waals surface area contributed by atoms with Crippen LogP contribution in [0.4, 0.5) is 0 Å². The first-order valence-electron chi connectivity index (χ1n) is 6.52. The molecule has 0 spiro atoms. The number of pyridine rings is 1. The van der Waals surface area contributed by atoms with Gasteiger partial charge < -0.3 is 4.74 Å². The molecule has 0 radical (unpaired) electrons. The van der Waals surface area contributed by atoms with Crippen molar-refractivity contribution in [2.75, 3.05) is 6.61 Å². The van der Waals surface area contributed by atoms with E-state index in [0.29, 0.717) is 18.1 Å². The van der Waals surface area contributed by atoms with Gasteiger partial charge in [-0.2, -0.15) is 0 Å². The molecular formula is C15H18ClN3O. The summed E-state index contributed by atoms with van der Waals surface area (Å²) in [5.41, 5.74) is 4.90. The number of benzene rings is 1. The molecule has 0 aliphatic heterocycles. The number of rotatable bonds is 6. The second kappa shape index (κ2) is 7.24. The maximum Gasteiger partial charge on any atom is 0.119 e. The number of hydrogen-bond donors (Lipinski definition) is 2. The molecular weight excluding hydrogens is 274 g/mol. The minimum absolute atomic E-state index is 0.0321. The largest absolute Gasteiger partial charge is 0.494 e. The number of ether oxygens (including phenoxy) is 1. The fraction of sp³-hybridized carbons (Fsp3) is 0.267. The standard InChI is InChI=1S/C15H18ClN3O/c1-2-20-13-5-3-4-12(8-13)15(19-17)9-11-6-7-18-10-14(11)16/h3-8,10,15,19H,2,9,17H2,1H3. The van der Waals surface area contributed by atoms with Crippen molar-refractivity contribution in [1.29, 1.82) is 0 Å². The molecule has 1 atom stereocenters. The molecule has 2 aromatic rings. The average molecular weight is 292 g/mol. The van der Waals surface area contributed by atoms with Gasteiger partial charge >= 0.3 is 0 Å². The first-order chi connectivity index (χ1) is 9.74. The summed E-state index contributed by atoms with van der Waals surface area (Å²) in [5, 5.41) is 0.647. The van der Waals surface area contributed by atoms with Crippen LogP contribution in [0, 0.1) is 0 Å². The number of halogens is 1. The molecule has 1 aromatic heterocycles. The smallest absolute Gasteiger partial charge is 0.119 e. The Kier molecular flexibility index (Phi) is 5.35. The predicted molar refractivity (Wildman–Crippen MR) is 80.6 cm³/mol. The van der Waals surface area contributed by atoms with E-state index in [1.165, 1.54) is 0 Å². The van der Waals surface area contributed by atoms with Gasteiger partial charge in [-0.05, 0) is 42.7 Å². The van der Waals surface area contributed by atoms with Crippen LogP contribution in [0.1, 0.15) is 24.1 Å². The normalized spacial score (nSPS) is 12.2. The number of hydrazine groups is 1. The summed E-state index contributed by atoms with van der Waals surface area (Å²) >= 11 is 6.14. The molecule has 4 nitrogen and oxygen atoms in total. The van der Waals surface area contributed by atoms with E-state index in [4.69, 9.17) is 22.2 Å². The third-order valence-electron chi connectivity index (χ3n) is 3.05. The van der Waals surface area contributed by atoms with E-state index in [-0.39, 0.29) is 6.04 Å². The van der Waals surface area contributed by atoms with Crippen molar-refractivity contribution < 1.29 is 4.74 Å². The second-order valence-electron chi connectivity index (χ2n) is 4.40. The van der Waals surface area contributed by atoms with Gasteiger partial charge in [-0.25, -0.2) is 0 Å². The van der Waals surface area contributed by atoms with E-state index in [2.05, 4.69) is 10.4 Å². The zero-order chi connectivity index (χ0) is 14.4. The van der Waals surface area contributed by atoms with E-state index in [1.807, 2.05) is 37.3 Å². The number of nitrogens with zero attached hydrogens (tertiary/aromatic N) is 1. The summed E-state index contributed by atoms with van der Waals surface area (Å²) in [6, 6.07) is 9.76.